The SMILES string of the molecule is CCc1cc2cccc(C(/C=C(/C)N)=C/N)c2c(=O)n1-c1ccccc1.N#Cc1cnc(N)nc1N. The number of hydrogen-bond donors (Lipinski definition) is 4. The topological polar surface area (TPSA) is 176 Å². The molecule has 9 heteroatoms. The molecule has 0 saturated carbocycles. The van der Waals surface area contributed by atoms with Crippen molar-refractivity contribution in [3.05, 3.63) is 106 Å². The van der Waals surface area contributed by atoms with Crippen LogP contribution in [-0.2, 0) is 6.42 Å². The van der Waals surface area contributed by atoms with E-state index in [2.05, 4.69) is 23.0 Å². The molecule has 0 aliphatic heterocycles. The van der Waals surface area contributed by atoms with Crippen LogP contribution in [0.1, 0.15) is 30.7 Å². The van der Waals surface area contributed by atoms with E-state index in [4.69, 9.17) is 28.2 Å². The lowest BCUT2D eigenvalue weighted by molar-refractivity contribution is 0.889. The first-order valence-corrected chi connectivity index (χ1v) is 11.2. The van der Waals surface area contributed by atoms with Gasteiger partial charge in [0.15, 0.2) is 0 Å². The normalized spacial score (nSPS) is 11.5. The summed E-state index contributed by atoms with van der Waals surface area (Å²) in [5.41, 5.74) is 26.3. The maximum Gasteiger partial charge on any atom is 0.263 e. The first-order chi connectivity index (χ1) is 17.3. The molecule has 9 nitrogen and oxygen atoms in total. The molecule has 0 bridgehead atoms. The molecular formula is C27H28N8O. The van der Waals surface area contributed by atoms with Gasteiger partial charge in [-0.2, -0.15) is 10.2 Å². The fourth-order valence-corrected chi connectivity index (χ4v) is 3.73. The third kappa shape index (κ3) is 5.51. The van der Waals surface area contributed by atoms with Gasteiger partial charge in [-0.15, -0.1) is 0 Å². The molecule has 2 heterocycles. The molecule has 2 aromatic heterocycles. The third-order valence-electron chi connectivity index (χ3n) is 5.33. The Hall–Kier alpha value is -5.10. The van der Waals surface area contributed by atoms with Gasteiger partial charge in [0.2, 0.25) is 5.95 Å². The molecule has 0 atom stereocenters. The Bertz CT molecular complexity index is 1540. The predicted molar refractivity (Wildman–Crippen MR) is 145 cm³/mol. The van der Waals surface area contributed by atoms with Crippen molar-refractivity contribution in [2.45, 2.75) is 20.3 Å². The number of allylic oxidation sites excluding steroid dienone is 3. The maximum atomic E-state index is 13.5. The number of pyridine rings is 1. The van der Waals surface area contributed by atoms with Crippen LogP contribution in [0.25, 0.3) is 22.0 Å². The first kappa shape index (κ1) is 25.5. The number of nitrogens with zero attached hydrogens (tertiary/aromatic N) is 4. The van der Waals surface area contributed by atoms with Gasteiger partial charge in [0, 0.05) is 23.3 Å². The number of benzene rings is 2. The Morgan fingerprint density at radius 3 is 2.44 bits per heavy atom. The molecule has 0 aliphatic rings. The van der Waals surface area contributed by atoms with Crippen molar-refractivity contribution >= 4 is 28.1 Å². The van der Waals surface area contributed by atoms with Crippen LogP contribution >= 0.6 is 0 Å². The van der Waals surface area contributed by atoms with Crippen LogP contribution in [0.4, 0.5) is 11.8 Å². The zero-order valence-corrected chi connectivity index (χ0v) is 20.1. The molecule has 0 radical (unpaired) electrons. The minimum Gasteiger partial charge on any atom is -0.404 e. The van der Waals surface area contributed by atoms with Crippen LogP contribution in [0, 0.1) is 11.3 Å². The average Bonchev–Trinajstić information content (AvgIpc) is 2.87. The summed E-state index contributed by atoms with van der Waals surface area (Å²) in [7, 11) is 0. The number of nitriles is 1. The molecule has 0 amide bonds. The minimum absolute atomic E-state index is 0.0522. The number of para-hydroxylation sites is 1. The number of anilines is 2. The quantitative estimate of drug-likeness (QED) is 0.322. The lowest BCUT2D eigenvalue weighted by Crippen LogP contribution is -2.22. The van der Waals surface area contributed by atoms with Crippen molar-refractivity contribution in [2.24, 2.45) is 11.5 Å². The summed E-state index contributed by atoms with van der Waals surface area (Å²) in [6.45, 7) is 3.85. The maximum absolute atomic E-state index is 13.5. The lowest BCUT2D eigenvalue weighted by atomic mass is 9.98. The standard InChI is InChI=1S/C22H23N3O.C5H5N5/c1-3-18-13-16-8-7-11-20(17(14-23)12-15(2)24)21(16)22(26)25(18)19-9-5-4-6-10-19;6-1-3-2-9-5(8)10-4(3)7/h4-14H,3,23-24H2,1-2H3;2H,(H4,7,8,9,10)/b15-12-,17-14+;. The fourth-order valence-electron chi connectivity index (χ4n) is 3.73. The molecule has 8 N–H and O–H groups in total. The molecule has 2 aromatic carbocycles. The third-order valence-corrected chi connectivity index (χ3v) is 5.33. The van der Waals surface area contributed by atoms with Gasteiger partial charge in [-0.05, 0) is 54.1 Å². The summed E-state index contributed by atoms with van der Waals surface area (Å²) in [5.74, 6) is 0.200. The summed E-state index contributed by atoms with van der Waals surface area (Å²) < 4.78 is 1.78. The summed E-state index contributed by atoms with van der Waals surface area (Å²) in [6, 6.07) is 19.4. The number of nitrogen functional groups attached to an aromatic ring is 2. The Balaban J connectivity index is 0.000000303. The van der Waals surface area contributed by atoms with E-state index in [-0.39, 0.29) is 22.9 Å². The summed E-state index contributed by atoms with van der Waals surface area (Å²) in [5, 5.41) is 9.90. The monoisotopic (exact) mass is 480 g/mol. The van der Waals surface area contributed by atoms with Gasteiger partial charge in [-0.25, -0.2) is 4.98 Å². The van der Waals surface area contributed by atoms with Crippen LogP contribution in [0.2, 0.25) is 0 Å². The van der Waals surface area contributed by atoms with Gasteiger partial charge in [-0.1, -0.05) is 43.3 Å². The van der Waals surface area contributed by atoms with E-state index >= 15 is 0 Å². The number of fused-ring (bicyclic) bond motifs is 1. The number of nitrogens with two attached hydrogens (primary N) is 4. The first-order valence-electron chi connectivity index (χ1n) is 11.2. The van der Waals surface area contributed by atoms with Gasteiger partial charge in [0.1, 0.15) is 17.5 Å². The van der Waals surface area contributed by atoms with Crippen LogP contribution in [0.3, 0.4) is 0 Å². The van der Waals surface area contributed by atoms with Gasteiger partial charge >= 0.3 is 0 Å². The molecule has 0 unspecified atom stereocenters. The van der Waals surface area contributed by atoms with Crippen molar-refractivity contribution < 1.29 is 0 Å². The van der Waals surface area contributed by atoms with Crippen molar-refractivity contribution in [1.82, 2.24) is 14.5 Å². The van der Waals surface area contributed by atoms with Gasteiger partial charge in [0.05, 0.1) is 11.6 Å². The number of aromatic nitrogens is 3. The predicted octanol–water partition coefficient (Wildman–Crippen LogP) is 3.23. The van der Waals surface area contributed by atoms with E-state index in [9.17, 15) is 4.79 Å². The molecule has 36 heavy (non-hydrogen) atoms. The van der Waals surface area contributed by atoms with Gasteiger partial charge in [-0.3, -0.25) is 9.36 Å². The Morgan fingerprint density at radius 2 is 1.86 bits per heavy atom. The molecular weight excluding hydrogens is 452 g/mol. The molecule has 0 saturated heterocycles. The van der Waals surface area contributed by atoms with Crippen LogP contribution < -0.4 is 28.5 Å². The highest BCUT2D eigenvalue weighted by atomic mass is 16.1. The van der Waals surface area contributed by atoms with Crippen LogP contribution in [0.15, 0.2) is 83.6 Å². The van der Waals surface area contributed by atoms with Gasteiger partial charge in [0.25, 0.3) is 5.56 Å². The number of hydrogen-bond acceptors (Lipinski definition) is 8. The van der Waals surface area contributed by atoms with Gasteiger partial charge < -0.3 is 22.9 Å². The van der Waals surface area contributed by atoms with E-state index in [1.807, 2.05) is 54.6 Å². The van der Waals surface area contributed by atoms with E-state index in [0.29, 0.717) is 11.1 Å². The second kappa shape index (κ2) is 11.4. The number of rotatable bonds is 4. The molecule has 4 aromatic rings. The van der Waals surface area contributed by atoms with E-state index in [1.165, 1.54) is 12.4 Å². The second-order valence-electron chi connectivity index (χ2n) is 7.88. The Kier molecular flexibility index (Phi) is 8.05. The smallest absolute Gasteiger partial charge is 0.263 e. The fraction of sp³-hybridized carbons (Fsp3) is 0.111. The molecule has 4 rings (SSSR count). The van der Waals surface area contributed by atoms with E-state index in [0.717, 1.165) is 34.3 Å². The molecule has 0 fully saturated rings. The minimum atomic E-state index is -0.0522. The van der Waals surface area contributed by atoms with E-state index in [1.54, 1.807) is 17.6 Å². The van der Waals surface area contributed by atoms with E-state index < -0.39 is 0 Å². The highest BCUT2D eigenvalue weighted by Crippen LogP contribution is 2.25. The molecule has 182 valence electrons. The summed E-state index contributed by atoms with van der Waals surface area (Å²) in [4.78, 5) is 20.6. The van der Waals surface area contributed by atoms with Crippen LogP contribution in [0.5, 0.6) is 0 Å². The van der Waals surface area contributed by atoms with Crippen molar-refractivity contribution in [1.29, 1.82) is 5.26 Å². The summed E-state index contributed by atoms with van der Waals surface area (Å²) >= 11 is 0. The zero-order chi connectivity index (χ0) is 26.2. The Morgan fingerprint density at radius 1 is 1.14 bits per heavy atom. The second-order valence-corrected chi connectivity index (χ2v) is 7.88. The van der Waals surface area contributed by atoms with Crippen molar-refractivity contribution in [3.8, 4) is 11.8 Å². The zero-order valence-electron chi connectivity index (χ0n) is 20.1. The average molecular weight is 481 g/mol. The van der Waals surface area contributed by atoms with Crippen molar-refractivity contribution in [3.63, 3.8) is 0 Å². The summed E-state index contributed by atoms with van der Waals surface area (Å²) in [6.07, 6.45) is 5.32. The van der Waals surface area contributed by atoms with Crippen LogP contribution in [-0.4, -0.2) is 14.5 Å². The number of aryl methyl sites for hydroxylation is 1. The highest BCUT2D eigenvalue weighted by Gasteiger charge is 2.14. The highest BCUT2D eigenvalue weighted by molar-refractivity contribution is 5.96. The molecule has 0 spiro atoms. The van der Waals surface area contributed by atoms with Crippen molar-refractivity contribution in [2.75, 3.05) is 11.5 Å². The lowest BCUT2D eigenvalue weighted by Gasteiger charge is -2.15. The Labute approximate surface area is 209 Å². The largest absolute Gasteiger partial charge is 0.404 e. The molecule has 0 aliphatic carbocycles.